The number of aliphatic hydroxyl groups is 2. The van der Waals surface area contributed by atoms with Crippen LogP contribution in [0, 0.1) is 6.92 Å². The van der Waals surface area contributed by atoms with Crippen LogP contribution in [0.15, 0.2) is 40.8 Å². The van der Waals surface area contributed by atoms with Crippen LogP contribution in [0.3, 0.4) is 0 Å². The number of nitrogens with zero attached hydrogens (tertiary/aromatic N) is 1. The molecule has 1 aromatic heterocycles. The van der Waals surface area contributed by atoms with E-state index in [9.17, 15) is 9.90 Å². The molecule has 0 saturated heterocycles. The Bertz CT molecular complexity index is 868. The summed E-state index contributed by atoms with van der Waals surface area (Å²) in [5.41, 5.74) is 1.51. The van der Waals surface area contributed by atoms with Gasteiger partial charge in [-0.1, -0.05) is 36.4 Å². The molecular formula is C19H21NO4. The van der Waals surface area contributed by atoms with Gasteiger partial charge in [0.1, 0.15) is 5.58 Å². The van der Waals surface area contributed by atoms with E-state index in [-0.39, 0.29) is 25.7 Å². The van der Waals surface area contributed by atoms with Crippen molar-refractivity contribution < 1.29 is 19.4 Å². The first kappa shape index (κ1) is 16.5. The summed E-state index contributed by atoms with van der Waals surface area (Å²) >= 11 is 0. The Morgan fingerprint density at radius 3 is 2.58 bits per heavy atom. The predicted molar refractivity (Wildman–Crippen MR) is 93.1 cm³/mol. The van der Waals surface area contributed by atoms with Crippen molar-refractivity contribution in [2.45, 2.75) is 13.3 Å². The monoisotopic (exact) mass is 327 g/mol. The summed E-state index contributed by atoms with van der Waals surface area (Å²) in [6, 6.07) is 11.9. The molecule has 1 amide bonds. The Balaban J connectivity index is 2.06. The highest BCUT2D eigenvalue weighted by molar-refractivity contribution is 6.08. The minimum atomic E-state index is -0.254. The van der Waals surface area contributed by atoms with Crippen LogP contribution in [0.5, 0.6) is 0 Å². The summed E-state index contributed by atoms with van der Waals surface area (Å²) in [5.74, 6) is 0.0445. The second kappa shape index (κ2) is 7.03. The van der Waals surface area contributed by atoms with Gasteiger partial charge in [-0.05, 0) is 18.7 Å². The highest BCUT2D eigenvalue weighted by Crippen LogP contribution is 2.32. The molecule has 0 unspecified atom stereocenters. The zero-order chi connectivity index (χ0) is 17.1. The summed E-state index contributed by atoms with van der Waals surface area (Å²) in [5, 5.41) is 21.1. The van der Waals surface area contributed by atoms with Crippen molar-refractivity contribution in [1.82, 2.24) is 4.90 Å². The lowest BCUT2D eigenvalue weighted by Gasteiger charge is -2.20. The number of benzene rings is 2. The zero-order valence-corrected chi connectivity index (χ0v) is 13.7. The number of hydrogen-bond donors (Lipinski definition) is 2. The molecule has 5 nitrogen and oxygen atoms in total. The third-order valence-electron chi connectivity index (χ3n) is 4.27. The van der Waals surface area contributed by atoms with Gasteiger partial charge in [0.25, 0.3) is 5.91 Å². The second-order valence-corrected chi connectivity index (χ2v) is 5.81. The first-order chi connectivity index (χ1) is 11.7. The van der Waals surface area contributed by atoms with Crippen LogP contribution < -0.4 is 0 Å². The van der Waals surface area contributed by atoms with Gasteiger partial charge in [0.05, 0.1) is 6.61 Å². The summed E-state index contributed by atoms with van der Waals surface area (Å²) < 4.78 is 5.95. The van der Waals surface area contributed by atoms with Crippen LogP contribution in [0.4, 0.5) is 0 Å². The lowest BCUT2D eigenvalue weighted by molar-refractivity contribution is 0.0680. The number of hydrogen-bond acceptors (Lipinski definition) is 4. The van der Waals surface area contributed by atoms with Gasteiger partial charge in [0, 0.05) is 36.0 Å². The van der Waals surface area contributed by atoms with Crippen molar-refractivity contribution >= 4 is 27.6 Å². The average molecular weight is 327 g/mol. The average Bonchev–Trinajstić information content (AvgIpc) is 2.95. The van der Waals surface area contributed by atoms with Gasteiger partial charge in [0.15, 0.2) is 5.76 Å². The highest BCUT2D eigenvalue weighted by atomic mass is 16.3. The minimum Gasteiger partial charge on any atom is -0.450 e. The molecule has 0 bridgehead atoms. The lowest BCUT2D eigenvalue weighted by Crippen LogP contribution is -2.35. The Labute approximate surface area is 140 Å². The first-order valence-corrected chi connectivity index (χ1v) is 8.09. The number of aliphatic hydroxyl groups excluding tert-OH is 2. The number of carbonyl (C=O) groups is 1. The number of fused-ring (bicyclic) bond motifs is 3. The first-order valence-electron chi connectivity index (χ1n) is 8.09. The minimum absolute atomic E-state index is 0.00103. The van der Waals surface area contributed by atoms with Gasteiger partial charge in [-0.15, -0.1) is 0 Å². The molecule has 0 atom stereocenters. The number of carbonyl (C=O) groups excluding carboxylic acids is 1. The van der Waals surface area contributed by atoms with Crippen molar-refractivity contribution in [2.75, 3.05) is 26.3 Å². The fraction of sp³-hybridized carbons (Fsp3) is 0.316. The van der Waals surface area contributed by atoms with Gasteiger partial charge in [-0.2, -0.15) is 0 Å². The summed E-state index contributed by atoms with van der Waals surface area (Å²) in [4.78, 5) is 14.3. The van der Waals surface area contributed by atoms with Crippen LogP contribution in [0.2, 0.25) is 0 Å². The molecule has 0 fully saturated rings. The third-order valence-corrected chi connectivity index (χ3v) is 4.27. The maximum Gasteiger partial charge on any atom is 0.289 e. The van der Waals surface area contributed by atoms with E-state index in [1.54, 1.807) is 0 Å². The van der Waals surface area contributed by atoms with E-state index in [0.29, 0.717) is 24.3 Å². The van der Waals surface area contributed by atoms with E-state index < -0.39 is 0 Å². The van der Waals surface area contributed by atoms with Gasteiger partial charge in [0.2, 0.25) is 0 Å². The zero-order valence-electron chi connectivity index (χ0n) is 13.7. The number of rotatable bonds is 6. The molecule has 126 valence electrons. The van der Waals surface area contributed by atoms with Crippen molar-refractivity contribution in [3.63, 3.8) is 0 Å². The van der Waals surface area contributed by atoms with Crippen LogP contribution >= 0.6 is 0 Å². The van der Waals surface area contributed by atoms with Gasteiger partial charge in [-0.3, -0.25) is 4.79 Å². The summed E-state index contributed by atoms with van der Waals surface area (Å²) in [6.45, 7) is 2.35. The molecule has 0 aliphatic carbocycles. The predicted octanol–water partition coefficient (Wildman–Crippen LogP) is 2.71. The largest absolute Gasteiger partial charge is 0.450 e. The number of amides is 1. The molecular weight excluding hydrogens is 306 g/mol. The van der Waals surface area contributed by atoms with Crippen molar-refractivity contribution in [2.24, 2.45) is 0 Å². The molecule has 0 aliphatic rings. The molecule has 0 saturated carbocycles. The van der Waals surface area contributed by atoms with Crippen molar-refractivity contribution in [3.05, 3.63) is 47.7 Å². The molecule has 0 radical (unpaired) electrons. The Kier molecular flexibility index (Phi) is 4.83. The van der Waals surface area contributed by atoms with Crippen LogP contribution in [-0.2, 0) is 0 Å². The summed E-state index contributed by atoms with van der Waals surface area (Å²) in [6.07, 6.45) is 0.466. The molecule has 3 rings (SSSR count). The van der Waals surface area contributed by atoms with Crippen molar-refractivity contribution in [1.29, 1.82) is 0 Å². The van der Waals surface area contributed by atoms with Crippen molar-refractivity contribution in [3.8, 4) is 0 Å². The van der Waals surface area contributed by atoms with E-state index in [4.69, 9.17) is 9.52 Å². The van der Waals surface area contributed by atoms with E-state index >= 15 is 0 Å². The molecule has 0 spiro atoms. The maximum atomic E-state index is 12.8. The smallest absolute Gasteiger partial charge is 0.289 e. The van der Waals surface area contributed by atoms with Gasteiger partial charge < -0.3 is 19.5 Å². The molecule has 2 N–H and O–H groups in total. The lowest BCUT2D eigenvalue weighted by atomic mass is 10.1. The number of aryl methyl sites for hydroxylation is 1. The third kappa shape index (κ3) is 2.88. The summed E-state index contributed by atoms with van der Waals surface area (Å²) in [7, 11) is 0. The van der Waals surface area contributed by atoms with E-state index in [0.717, 1.165) is 21.7 Å². The fourth-order valence-electron chi connectivity index (χ4n) is 2.99. The van der Waals surface area contributed by atoms with Gasteiger partial charge >= 0.3 is 0 Å². The molecule has 24 heavy (non-hydrogen) atoms. The SMILES string of the molecule is Cc1c(C(=O)N(CCO)CCCO)oc2c1ccc1ccccc12. The van der Waals surface area contributed by atoms with E-state index in [1.807, 2.05) is 43.3 Å². The van der Waals surface area contributed by atoms with Crippen LogP contribution in [-0.4, -0.2) is 47.3 Å². The Morgan fingerprint density at radius 2 is 1.83 bits per heavy atom. The molecule has 2 aromatic carbocycles. The molecule has 3 aromatic rings. The van der Waals surface area contributed by atoms with Crippen LogP contribution in [0.1, 0.15) is 22.5 Å². The van der Waals surface area contributed by atoms with Crippen LogP contribution in [0.25, 0.3) is 21.7 Å². The Morgan fingerprint density at radius 1 is 1.04 bits per heavy atom. The highest BCUT2D eigenvalue weighted by Gasteiger charge is 2.23. The van der Waals surface area contributed by atoms with E-state index in [1.165, 1.54) is 4.90 Å². The normalized spacial score (nSPS) is 11.3. The molecule has 5 heteroatoms. The quantitative estimate of drug-likeness (QED) is 0.730. The van der Waals surface area contributed by atoms with Gasteiger partial charge in [-0.25, -0.2) is 0 Å². The fourth-order valence-corrected chi connectivity index (χ4v) is 2.99. The van der Waals surface area contributed by atoms with E-state index in [2.05, 4.69) is 0 Å². The topological polar surface area (TPSA) is 73.9 Å². The molecule has 1 heterocycles. The molecule has 0 aliphatic heterocycles. The Hall–Kier alpha value is -2.37. The number of furan rings is 1. The maximum absolute atomic E-state index is 12.8. The second-order valence-electron chi connectivity index (χ2n) is 5.81. The standard InChI is InChI=1S/C19H21NO4/c1-13-15-8-7-14-5-2-3-6-16(14)18(15)24-17(13)19(23)20(10-12-22)9-4-11-21/h2-3,5-8,21-22H,4,9-12H2,1H3.